The molecule has 1 atom stereocenters. The summed E-state index contributed by atoms with van der Waals surface area (Å²) in [5.74, 6) is 3.36. The molecule has 0 aromatic rings. The van der Waals surface area contributed by atoms with Crippen LogP contribution in [-0.4, -0.2) is 21.4 Å². The highest BCUT2D eigenvalue weighted by Crippen LogP contribution is 2.53. The normalized spacial score (nSPS) is 34.4. The molecule has 1 aliphatic heterocycles. The van der Waals surface area contributed by atoms with Gasteiger partial charge in [0.1, 0.15) is 5.78 Å². The monoisotopic (exact) mass is 202 g/mol. The van der Waals surface area contributed by atoms with E-state index in [0.29, 0.717) is 15.8 Å². The van der Waals surface area contributed by atoms with Crippen LogP contribution in [0.2, 0.25) is 0 Å². The second-order valence-electron chi connectivity index (χ2n) is 3.68. The van der Waals surface area contributed by atoms with Crippen molar-refractivity contribution >= 4 is 29.3 Å². The number of hydrogen-bond donors (Lipinski definition) is 0. The van der Waals surface area contributed by atoms with Crippen LogP contribution < -0.4 is 0 Å². The maximum Gasteiger partial charge on any atom is 0.135 e. The second-order valence-corrected chi connectivity index (χ2v) is 6.89. The maximum atomic E-state index is 11.3. The van der Waals surface area contributed by atoms with E-state index < -0.39 is 0 Å². The fraction of sp³-hybridized carbons (Fsp3) is 0.889. The molecular weight excluding hydrogens is 188 g/mol. The van der Waals surface area contributed by atoms with Gasteiger partial charge in [0.2, 0.25) is 0 Å². The lowest BCUT2D eigenvalue weighted by molar-refractivity contribution is -0.124. The van der Waals surface area contributed by atoms with Gasteiger partial charge in [-0.05, 0) is 12.8 Å². The SMILES string of the molecule is CC1CC2(CCC1=O)SCCS2. The largest absolute Gasteiger partial charge is 0.299 e. The fourth-order valence-corrected chi connectivity index (χ4v) is 5.47. The molecule has 1 saturated carbocycles. The lowest BCUT2D eigenvalue weighted by Crippen LogP contribution is -2.31. The van der Waals surface area contributed by atoms with Crippen LogP contribution in [0.4, 0.5) is 0 Å². The standard InChI is InChI=1S/C9H14OS2/c1-7-6-9(3-2-8(7)10)11-4-5-12-9/h7H,2-6H2,1H3. The van der Waals surface area contributed by atoms with Gasteiger partial charge in [-0.25, -0.2) is 0 Å². The van der Waals surface area contributed by atoms with E-state index in [9.17, 15) is 4.79 Å². The van der Waals surface area contributed by atoms with Crippen LogP contribution in [0.5, 0.6) is 0 Å². The molecule has 0 N–H and O–H groups in total. The first kappa shape index (κ1) is 8.95. The van der Waals surface area contributed by atoms with E-state index in [1.54, 1.807) is 0 Å². The Kier molecular flexibility index (Phi) is 2.43. The van der Waals surface area contributed by atoms with Crippen LogP contribution in [0.15, 0.2) is 0 Å². The molecule has 0 bridgehead atoms. The van der Waals surface area contributed by atoms with E-state index in [1.165, 1.54) is 11.5 Å². The highest BCUT2D eigenvalue weighted by atomic mass is 32.2. The number of hydrogen-bond acceptors (Lipinski definition) is 3. The van der Waals surface area contributed by atoms with E-state index in [-0.39, 0.29) is 0 Å². The summed E-state index contributed by atoms with van der Waals surface area (Å²) in [4.78, 5) is 11.3. The molecule has 0 aromatic heterocycles. The first-order valence-electron chi connectivity index (χ1n) is 4.52. The molecule has 0 amide bonds. The number of carbonyl (C=O) groups excluding carboxylic acids is 1. The Morgan fingerprint density at radius 2 is 2.08 bits per heavy atom. The highest BCUT2D eigenvalue weighted by molar-refractivity contribution is 8.21. The van der Waals surface area contributed by atoms with E-state index in [4.69, 9.17) is 0 Å². The zero-order chi connectivity index (χ0) is 8.60. The highest BCUT2D eigenvalue weighted by Gasteiger charge is 2.41. The lowest BCUT2D eigenvalue weighted by Gasteiger charge is -2.34. The Morgan fingerprint density at radius 1 is 1.42 bits per heavy atom. The first-order valence-corrected chi connectivity index (χ1v) is 6.50. The average Bonchev–Trinajstić information content (AvgIpc) is 2.47. The van der Waals surface area contributed by atoms with Crippen molar-refractivity contribution in [1.29, 1.82) is 0 Å². The summed E-state index contributed by atoms with van der Waals surface area (Å²) in [5.41, 5.74) is 0. The number of thioether (sulfide) groups is 2. The van der Waals surface area contributed by atoms with Gasteiger partial charge >= 0.3 is 0 Å². The first-order chi connectivity index (χ1) is 5.72. The number of carbonyl (C=O) groups is 1. The predicted octanol–water partition coefficient (Wildman–Crippen LogP) is 2.55. The predicted molar refractivity (Wildman–Crippen MR) is 55.7 cm³/mol. The van der Waals surface area contributed by atoms with Gasteiger partial charge < -0.3 is 0 Å². The van der Waals surface area contributed by atoms with Crippen molar-refractivity contribution in [2.75, 3.05) is 11.5 Å². The van der Waals surface area contributed by atoms with Crippen molar-refractivity contribution in [2.45, 2.75) is 30.3 Å². The summed E-state index contributed by atoms with van der Waals surface area (Å²) in [6.07, 6.45) is 3.05. The van der Waals surface area contributed by atoms with E-state index in [2.05, 4.69) is 30.4 Å². The molecule has 1 saturated heterocycles. The molecule has 2 rings (SSSR count). The summed E-state index contributed by atoms with van der Waals surface area (Å²) in [6.45, 7) is 2.09. The minimum absolute atomic E-state index is 0.317. The van der Waals surface area contributed by atoms with Gasteiger partial charge in [0.05, 0.1) is 4.08 Å². The zero-order valence-electron chi connectivity index (χ0n) is 7.34. The number of Topliss-reactive ketones (excluding diaryl/α,β-unsaturated/α-hetero) is 1. The van der Waals surface area contributed by atoms with Gasteiger partial charge in [0, 0.05) is 23.8 Å². The summed E-state index contributed by atoms with van der Waals surface area (Å²) in [6, 6.07) is 0. The van der Waals surface area contributed by atoms with Crippen molar-refractivity contribution < 1.29 is 4.79 Å². The quantitative estimate of drug-likeness (QED) is 0.601. The van der Waals surface area contributed by atoms with E-state index >= 15 is 0 Å². The summed E-state index contributed by atoms with van der Waals surface area (Å²) < 4.78 is 0.438. The molecule has 68 valence electrons. The molecule has 3 heteroatoms. The molecule has 1 nitrogen and oxygen atoms in total. The average molecular weight is 202 g/mol. The van der Waals surface area contributed by atoms with Crippen LogP contribution in [0, 0.1) is 5.92 Å². The topological polar surface area (TPSA) is 17.1 Å². The van der Waals surface area contributed by atoms with Crippen molar-refractivity contribution in [2.24, 2.45) is 5.92 Å². The molecule has 1 heterocycles. The lowest BCUT2D eigenvalue weighted by atomic mass is 9.89. The fourth-order valence-electron chi connectivity index (χ4n) is 2.00. The molecule has 2 aliphatic rings. The molecule has 0 aromatic carbocycles. The minimum atomic E-state index is 0.317. The molecule has 1 spiro atoms. The Labute approximate surface area is 82.1 Å². The summed E-state index contributed by atoms with van der Waals surface area (Å²) >= 11 is 4.16. The van der Waals surface area contributed by atoms with Crippen molar-refractivity contribution in [1.82, 2.24) is 0 Å². The summed E-state index contributed by atoms with van der Waals surface area (Å²) in [7, 11) is 0. The Bertz CT molecular complexity index is 197. The van der Waals surface area contributed by atoms with Gasteiger partial charge in [0.25, 0.3) is 0 Å². The zero-order valence-corrected chi connectivity index (χ0v) is 8.97. The molecular formula is C9H14OS2. The Balaban J connectivity index is 2.05. The molecule has 0 radical (unpaired) electrons. The van der Waals surface area contributed by atoms with Gasteiger partial charge in [-0.3, -0.25) is 4.79 Å². The van der Waals surface area contributed by atoms with Gasteiger partial charge in [-0.1, -0.05) is 6.92 Å². The third kappa shape index (κ3) is 1.53. The maximum absolute atomic E-state index is 11.3. The molecule has 1 aliphatic carbocycles. The third-order valence-corrected chi connectivity index (χ3v) is 6.31. The second kappa shape index (κ2) is 3.26. The van der Waals surface area contributed by atoms with Gasteiger partial charge in [0.15, 0.2) is 0 Å². The number of ketones is 1. The van der Waals surface area contributed by atoms with Crippen molar-refractivity contribution in [3.8, 4) is 0 Å². The van der Waals surface area contributed by atoms with Gasteiger partial charge in [-0.2, -0.15) is 0 Å². The molecule has 1 unspecified atom stereocenters. The van der Waals surface area contributed by atoms with Crippen LogP contribution in [0.1, 0.15) is 26.2 Å². The van der Waals surface area contributed by atoms with Crippen molar-refractivity contribution in [3.05, 3.63) is 0 Å². The van der Waals surface area contributed by atoms with Crippen LogP contribution in [0.25, 0.3) is 0 Å². The third-order valence-electron chi connectivity index (χ3n) is 2.73. The van der Waals surface area contributed by atoms with Crippen molar-refractivity contribution in [3.63, 3.8) is 0 Å². The van der Waals surface area contributed by atoms with Gasteiger partial charge in [-0.15, -0.1) is 23.5 Å². The molecule has 2 fully saturated rings. The molecule has 12 heavy (non-hydrogen) atoms. The summed E-state index contributed by atoms with van der Waals surface area (Å²) in [5, 5.41) is 0. The van der Waals surface area contributed by atoms with Crippen LogP contribution >= 0.6 is 23.5 Å². The number of rotatable bonds is 0. The Hall–Kier alpha value is 0.370. The smallest absolute Gasteiger partial charge is 0.135 e. The van der Waals surface area contributed by atoms with E-state index in [1.807, 2.05) is 0 Å². The minimum Gasteiger partial charge on any atom is -0.299 e. The van der Waals surface area contributed by atoms with E-state index in [0.717, 1.165) is 19.3 Å². The Morgan fingerprint density at radius 3 is 2.67 bits per heavy atom. The van der Waals surface area contributed by atoms with Crippen LogP contribution in [0.3, 0.4) is 0 Å². The van der Waals surface area contributed by atoms with Crippen LogP contribution in [-0.2, 0) is 4.79 Å².